The lowest BCUT2D eigenvalue weighted by Gasteiger charge is -2.21. The van der Waals surface area contributed by atoms with E-state index in [0.717, 1.165) is 17.8 Å². The van der Waals surface area contributed by atoms with Gasteiger partial charge in [0.05, 0.1) is 16.9 Å². The molecule has 27 heavy (non-hydrogen) atoms. The molecule has 1 aliphatic rings. The molecule has 0 spiro atoms. The standard InChI is InChI=1S/C20H23F3N2OS/c21-20(22,23)15-8-6-14(7-9-15)13-26-16-10-11-19(18(24)12-16)25-27-17-4-2-1-3-5-17/h6-12,17,25H,1-5,13,24H2. The Bertz CT molecular complexity index is 744. The number of halogens is 3. The van der Waals surface area contributed by atoms with Crippen molar-refractivity contribution in [2.45, 2.75) is 50.1 Å². The topological polar surface area (TPSA) is 47.3 Å². The molecule has 0 saturated heterocycles. The van der Waals surface area contributed by atoms with Crippen LogP contribution in [-0.2, 0) is 12.8 Å². The second kappa shape index (κ2) is 8.78. The van der Waals surface area contributed by atoms with Crippen molar-refractivity contribution in [3.05, 3.63) is 53.6 Å². The zero-order valence-electron chi connectivity index (χ0n) is 14.9. The zero-order valence-corrected chi connectivity index (χ0v) is 15.7. The number of anilines is 2. The molecule has 0 atom stereocenters. The third-order valence-electron chi connectivity index (χ3n) is 4.60. The molecule has 146 valence electrons. The molecular weight excluding hydrogens is 373 g/mol. The highest BCUT2D eigenvalue weighted by molar-refractivity contribution is 8.01. The minimum Gasteiger partial charge on any atom is -0.489 e. The molecule has 7 heteroatoms. The van der Waals surface area contributed by atoms with Crippen molar-refractivity contribution in [3.8, 4) is 5.75 Å². The Morgan fingerprint density at radius 1 is 1.04 bits per heavy atom. The van der Waals surface area contributed by atoms with E-state index in [1.165, 1.54) is 44.2 Å². The largest absolute Gasteiger partial charge is 0.489 e. The molecule has 0 bridgehead atoms. The van der Waals surface area contributed by atoms with Crippen molar-refractivity contribution < 1.29 is 17.9 Å². The molecule has 0 heterocycles. The number of benzene rings is 2. The van der Waals surface area contributed by atoms with Crippen LogP contribution in [0.3, 0.4) is 0 Å². The van der Waals surface area contributed by atoms with Gasteiger partial charge < -0.3 is 15.2 Å². The van der Waals surface area contributed by atoms with Crippen LogP contribution < -0.4 is 15.2 Å². The summed E-state index contributed by atoms with van der Waals surface area (Å²) in [6, 6.07) is 10.4. The molecule has 3 nitrogen and oxygen atoms in total. The highest BCUT2D eigenvalue weighted by Gasteiger charge is 2.29. The molecule has 0 aromatic heterocycles. The van der Waals surface area contributed by atoms with Crippen molar-refractivity contribution in [2.75, 3.05) is 10.5 Å². The number of nitrogen functional groups attached to an aromatic ring is 1. The van der Waals surface area contributed by atoms with E-state index in [0.29, 0.717) is 22.3 Å². The Balaban J connectivity index is 1.52. The number of hydrogen-bond acceptors (Lipinski definition) is 4. The van der Waals surface area contributed by atoms with Gasteiger partial charge >= 0.3 is 6.18 Å². The maximum atomic E-state index is 12.6. The molecule has 0 unspecified atom stereocenters. The van der Waals surface area contributed by atoms with E-state index in [-0.39, 0.29) is 6.61 Å². The van der Waals surface area contributed by atoms with Gasteiger partial charge in [0.25, 0.3) is 0 Å². The Labute approximate surface area is 161 Å². The van der Waals surface area contributed by atoms with Crippen LogP contribution in [-0.4, -0.2) is 5.25 Å². The van der Waals surface area contributed by atoms with Crippen LogP contribution in [0.15, 0.2) is 42.5 Å². The van der Waals surface area contributed by atoms with E-state index >= 15 is 0 Å². The van der Waals surface area contributed by atoms with E-state index in [9.17, 15) is 13.2 Å². The van der Waals surface area contributed by atoms with E-state index in [1.807, 2.05) is 12.1 Å². The fraction of sp³-hybridized carbons (Fsp3) is 0.400. The summed E-state index contributed by atoms with van der Waals surface area (Å²) in [6.07, 6.45) is 2.02. The summed E-state index contributed by atoms with van der Waals surface area (Å²) in [5, 5.41) is 0.619. The minimum absolute atomic E-state index is 0.182. The number of nitrogens with two attached hydrogens (primary N) is 1. The molecule has 2 aromatic rings. The molecule has 0 aliphatic heterocycles. The molecule has 1 fully saturated rings. The van der Waals surface area contributed by atoms with E-state index < -0.39 is 11.7 Å². The van der Waals surface area contributed by atoms with Crippen LogP contribution in [0.2, 0.25) is 0 Å². The van der Waals surface area contributed by atoms with E-state index in [2.05, 4.69) is 4.72 Å². The second-order valence-corrected chi connectivity index (χ2v) is 7.82. The third kappa shape index (κ3) is 5.73. The average molecular weight is 396 g/mol. The van der Waals surface area contributed by atoms with Gasteiger partial charge in [0.1, 0.15) is 12.4 Å². The summed E-state index contributed by atoms with van der Waals surface area (Å²) in [6.45, 7) is 0.182. The average Bonchev–Trinajstić information content (AvgIpc) is 2.66. The van der Waals surface area contributed by atoms with Crippen molar-refractivity contribution in [3.63, 3.8) is 0 Å². The number of nitrogens with one attached hydrogen (secondary N) is 1. The third-order valence-corrected chi connectivity index (χ3v) is 5.74. The smallest absolute Gasteiger partial charge is 0.416 e. The number of rotatable bonds is 6. The first-order valence-electron chi connectivity index (χ1n) is 9.02. The first kappa shape index (κ1) is 19.7. The molecule has 0 amide bonds. The highest BCUT2D eigenvalue weighted by Crippen LogP contribution is 2.33. The zero-order chi connectivity index (χ0) is 19.3. The van der Waals surface area contributed by atoms with Crippen LogP contribution in [0, 0.1) is 0 Å². The van der Waals surface area contributed by atoms with E-state index in [4.69, 9.17) is 10.5 Å². The lowest BCUT2D eigenvalue weighted by molar-refractivity contribution is -0.137. The molecule has 3 rings (SSSR count). The van der Waals surface area contributed by atoms with Crippen LogP contribution in [0.25, 0.3) is 0 Å². The quantitative estimate of drug-likeness (QED) is 0.447. The van der Waals surface area contributed by atoms with Crippen LogP contribution >= 0.6 is 11.9 Å². The number of ether oxygens (including phenoxy) is 1. The normalized spacial score (nSPS) is 15.5. The first-order valence-corrected chi connectivity index (χ1v) is 9.90. The lowest BCUT2D eigenvalue weighted by Crippen LogP contribution is -2.10. The van der Waals surface area contributed by atoms with Gasteiger partial charge in [-0.25, -0.2) is 0 Å². The van der Waals surface area contributed by atoms with Gasteiger partial charge in [0.15, 0.2) is 0 Å². The Morgan fingerprint density at radius 2 is 1.74 bits per heavy atom. The van der Waals surface area contributed by atoms with Crippen molar-refractivity contribution in [1.82, 2.24) is 0 Å². The van der Waals surface area contributed by atoms with Crippen LogP contribution in [0.5, 0.6) is 5.75 Å². The van der Waals surface area contributed by atoms with Gasteiger partial charge in [-0.3, -0.25) is 0 Å². The van der Waals surface area contributed by atoms with Crippen LogP contribution in [0.4, 0.5) is 24.5 Å². The van der Waals surface area contributed by atoms with Gasteiger partial charge in [0, 0.05) is 11.3 Å². The van der Waals surface area contributed by atoms with Gasteiger partial charge in [-0.2, -0.15) is 13.2 Å². The lowest BCUT2D eigenvalue weighted by atomic mass is 10.0. The summed E-state index contributed by atoms with van der Waals surface area (Å²) in [4.78, 5) is 0. The van der Waals surface area contributed by atoms with Gasteiger partial charge in [0.2, 0.25) is 0 Å². The van der Waals surface area contributed by atoms with E-state index in [1.54, 1.807) is 18.0 Å². The molecule has 3 N–H and O–H groups in total. The maximum Gasteiger partial charge on any atom is 0.416 e. The van der Waals surface area contributed by atoms with Gasteiger partial charge in [-0.15, -0.1) is 0 Å². The highest BCUT2D eigenvalue weighted by atomic mass is 32.2. The predicted octanol–water partition coefficient (Wildman–Crippen LogP) is 6.26. The minimum atomic E-state index is -4.33. The predicted molar refractivity (Wildman–Crippen MR) is 105 cm³/mol. The van der Waals surface area contributed by atoms with Crippen LogP contribution in [0.1, 0.15) is 43.2 Å². The summed E-state index contributed by atoms with van der Waals surface area (Å²) in [5.74, 6) is 0.584. The SMILES string of the molecule is Nc1cc(OCc2ccc(C(F)(F)F)cc2)ccc1NSC1CCCCC1. The van der Waals surface area contributed by atoms with Crippen molar-refractivity contribution in [1.29, 1.82) is 0 Å². The Morgan fingerprint density at radius 3 is 2.37 bits per heavy atom. The molecule has 2 aromatic carbocycles. The summed E-state index contributed by atoms with van der Waals surface area (Å²) in [5.41, 5.74) is 7.53. The number of alkyl halides is 3. The summed E-state index contributed by atoms with van der Waals surface area (Å²) in [7, 11) is 0. The van der Waals surface area contributed by atoms with Gasteiger partial charge in [-0.05, 0) is 54.6 Å². The summed E-state index contributed by atoms with van der Waals surface area (Å²) < 4.78 is 46.7. The fourth-order valence-electron chi connectivity index (χ4n) is 3.01. The fourth-order valence-corrected chi connectivity index (χ4v) is 4.06. The molecule has 1 aliphatic carbocycles. The van der Waals surface area contributed by atoms with Crippen molar-refractivity contribution >= 4 is 23.3 Å². The van der Waals surface area contributed by atoms with Gasteiger partial charge in [-0.1, -0.05) is 31.4 Å². The Hall–Kier alpha value is -2.02. The maximum absolute atomic E-state index is 12.6. The first-order chi connectivity index (χ1) is 12.9. The molecule has 1 saturated carbocycles. The number of hydrogen-bond donors (Lipinski definition) is 2. The van der Waals surface area contributed by atoms with Crippen molar-refractivity contribution in [2.24, 2.45) is 0 Å². The second-order valence-electron chi connectivity index (χ2n) is 6.71. The molecule has 0 radical (unpaired) electrons. The monoisotopic (exact) mass is 396 g/mol. The Kier molecular flexibility index (Phi) is 6.42. The molecular formula is C20H23F3N2OS. The summed E-state index contributed by atoms with van der Waals surface area (Å²) >= 11 is 1.72.